The van der Waals surface area contributed by atoms with Gasteiger partial charge in [0.25, 0.3) is 0 Å². The molecule has 120 valence electrons. The van der Waals surface area contributed by atoms with Crippen LogP contribution in [-0.4, -0.2) is 15.1 Å². The minimum atomic E-state index is 0.198. The predicted octanol–water partition coefficient (Wildman–Crippen LogP) is 4.41. The molecule has 24 heavy (non-hydrogen) atoms. The highest BCUT2D eigenvalue weighted by Crippen LogP contribution is 2.39. The fraction of sp³-hybridized carbons (Fsp3) is 0.0588. The van der Waals surface area contributed by atoms with E-state index in [1.165, 1.54) is 6.33 Å². The maximum atomic E-state index is 9.64. The van der Waals surface area contributed by atoms with Crippen LogP contribution in [0.25, 0.3) is 0 Å². The van der Waals surface area contributed by atoms with Crippen LogP contribution >= 0.6 is 15.9 Å². The fourth-order valence-electron chi connectivity index (χ4n) is 2.50. The smallest absolute Gasteiger partial charge is 0.248 e. The van der Waals surface area contributed by atoms with Crippen LogP contribution in [0.15, 0.2) is 53.3 Å². The Bertz CT molecular complexity index is 917. The molecule has 0 unspecified atom stereocenters. The number of phenolic OH excluding ortho intramolecular Hbond substituents is 1. The Morgan fingerprint density at radius 3 is 2.96 bits per heavy atom. The van der Waals surface area contributed by atoms with Crippen LogP contribution in [0, 0.1) is 0 Å². The van der Waals surface area contributed by atoms with E-state index in [-0.39, 0.29) is 5.75 Å². The van der Waals surface area contributed by atoms with E-state index in [1.54, 1.807) is 18.2 Å². The molecule has 0 spiro atoms. The lowest BCUT2D eigenvalue weighted by Gasteiger charge is -2.12. The molecule has 0 fully saturated rings. The zero-order valence-corrected chi connectivity index (χ0v) is 14.0. The summed E-state index contributed by atoms with van der Waals surface area (Å²) in [4.78, 5) is 8.52. The maximum Gasteiger partial charge on any atom is 0.248 e. The Balaban J connectivity index is 1.70. The summed E-state index contributed by atoms with van der Waals surface area (Å²) >= 11 is 3.45. The number of fused-ring (bicyclic) bond motifs is 2. The number of hydrogen-bond donors (Lipinski definition) is 3. The number of aromatic hydroxyl groups is 1. The Kier molecular flexibility index (Phi) is 3.70. The van der Waals surface area contributed by atoms with Crippen molar-refractivity contribution >= 4 is 33.1 Å². The minimum Gasteiger partial charge on any atom is -0.508 e. The maximum absolute atomic E-state index is 9.64. The summed E-state index contributed by atoms with van der Waals surface area (Å²) in [5.41, 5.74) is 2.42. The van der Waals surface area contributed by atoms with E-state index in [2.05, 4.69) is 36.5 Å². The SMILES string of the molecule is Oc1ccc2c(c1)CNc1c(Nc3cccc(Br)c3)ncnc1O2. The lowest BCUT2D eigenvalue weighted by molar-refractivity contribution is 0.454. The highest BCUT2D eigenvalue weighted by molar-refractivity contribution is 9.10. The minimum absolute atomic E-state index is 0.198. The van der Waals surface area contributed by atoms with Gasteiger partial charge < -0.3 is 20.5 Å². The number of ether oxygens (including phenoxy) is 1. The quantitative estimate of drug-likeness (QED) is 0.607. The van der Waals surface area contributed by atoms with Gasteiger partial charge in [0.05, 0.1) is 0 Å². The van der Waals surface area contributed by atoms with Crippen molar-refractivity contribution in [3.8, 4) is 17.4 Å². The van der Waals surface area contributed by atoms with Crippen LogP contribution in [0.2, 0.25) is 0 Å². The molecule has 0 amide bonds. The largest absolute Gasteiger partial charge is 0.508 e. The first-order valence-electron chi connectivity index (χ1n) is 7.30. The molecule has 0 atom stereocenters. The van der Waals surface area contributed by atoms with E-state index >= 15 is 0 Å². The number of nitrogens with zero attached hydrogens (tertiary/aromatic N) is 2. The van der Waals surface area contributed by atoms with Crippen molar-refractivity contribution in [2.75, 3.05) is 10.6 Å². The second-order valence-corrected chi connectivity index (χ2v) is 6.20. The number of phenols is 1. The lowest BCUT2D eigenvalue weighted by Crippen LogP contribution is -2.04. The van der Waals surface area contributed by atoms with Gasteiger partial charge in [-0.1, -0.05) is 22.0 Å². The standard InChI is InChI=1S/C17H13BrN4O2/c18-11-2-1-3-12(7-11)22-16-15-17(21-9-20-16)24-14-5-4-13(23)6-10(14)8-19-15/h1-7,9,19,23H,8H2,(H,20,21,22). The van der Waals surface area contributed by atoms with Crippen LogP contribution in [-0.2, 0) is 6.54 Å². The molecule has 0 saturated heterocycles. The predicted molar refractivity (Wildman–Crippen MR) is 95.0 cm³/mol. The summed E-state index contributed by atoms with van der Waals surface area (Å²) in [6, 6.07) is 12.8. The fourth-order valence-corrected chi connectivity index (χ4v) is 2.89. The topological polar surface area (TPSA) is 79.3 Å². The third-order valence-electron chi connectivity index (χ3n) is 3.61. The second-order valence-electron chi connectivity index (χ2n) is 5.29. The van der Waals surface area contributed by atoms with Crippen LogP contribution in [0.5, 0.6) is 17.4 Å². The van der Waals surface area contributed by atoms with Crippen molar-refractivity contribution < 1.29 is 9.84 Å². The Hall–Kier alpha value is -2.80. The van der Waals surface area contributed by atoms with Crippen molar-refractivity contribution in [1.82, 2.24) is 9.97 Å². The van der Waals surface area contributed by atoms with Crippen LogP contribution < -0.4 is 15.4 Å². The van der Waals surface area contributed by atoms with E-state index in [9.17, 15) is 5.11 Å². The van der Waals surface area contributed by atoms with E-state index in [4.69, 9.17) is 4.74 Å². The van der Waals surface area contributed by atoms with Gasteiger partial charge in [-0.25, -0.2) is 4.98 Å². The molecule has 0 aliphatic carbocycles. The van der Waals surface area contributed by atoms with Crippen molar-refractivity contribution in [3.63, 3.8) is 0 Å². The number of aromatic nitrogens is 2. The Morgan fingerprint density at radius 1 is 1.17 bits per heavy atom. The molecule has 0 saturated carbocycles. The summed E-state index contributed by atoms with van der Waals surface area (Å²) in [5, 5.41) is 16.2. The van der Waals surface area contributed by atoms with Crippen LogP contribution in [0.4, 0.5) is 17.2 Å². The molecule has 1 aromatic heterocycles. The second kappa shape index (κ2) is 6.01. The molecule has 7 heteroatoms. The van der Waals surface area contributed by atoms with Crippen LogP contribution in [0.3, 0.4) is 0 Å². The van der Waals surface area contributed by atoms with Crippen LogP contribution in [0.1, 0.15) is 5.56 Å². The Labute approximate surface area is 146 Å². The monoisotopic (exact) mass is 384 g/mol. The van der Waals surface area contributed by atoms with Gasteiger partial charge in [-0.2, -0.15) is 4.98 Å². The zero-order valence-electron chi connectivity index (χ0n) is 12.5. The molecule has 3 aromatic rings. The molecular formula is C17H13BrN4O2. The molecule has 2 heterocycles. The molecule has 0 radical (unpaired) electrons. The first-order chi connectivity index (χ1) is 11.7. The summed E-state index contributed by atoms with van der Waals surface area (Å²) in [7, 11) is 0. The van der Waals surface area contributed by atoms with Gasteiger partial charge in [0.15, 0.2) is 5.82 Å². The van der Waals surface area contributed by atoms with Gasteiger partial charge in [0.2, 0.25) is 5.88 Å². The number of anilines is 3. The number of halogens is 1. The van der Waals surface area contributed by atoms with Gasteiger partial charge in [-0.05, 0) is 36.4 Å². The summed E-state index contributed by atoms with van der Waals surface area (Å²) in [6.07, 6.45) is 1.45. The van der Waals surface area contributed by atoms with Gasteiger partial charge in [-0.15, -0.1) is 0 Å². The number of rotatable bonds is 2. The summed E-state index contributed by atoms with van der Waals surface area (Å²) < 4.78 is 6.86. The first-order valence-corrected chi connectivity index (χ1v) is 8.09. The highest BCUT2D eigenvalue weighted by Gasteiger charge is 2.19. The van der Waals surface area contributed by atoms with E-state index < -0.39 is 0 Å². The van der Waals surface area contributed by atoms with Crippen molar-refractivity contribution in [1.29, 1.82) is 0 Å². The van der Waals surface area contributed by atoms with Gasteiger partial charge >= 0.3 is 0 Å². The summed E-state index contributed by atoms with van der Waals surface area (Å²) in [5.74, 6) is 1.91. The lowest BCUT2D eigenvalue weighted by atomic mass is 10.2. The van der Waals surface area contributed by atoms with Crippen molar-refractivity contribution in [3.05, 3.63) is 58.8 Å². The molecule has 2 aromatic carbocycles. The average Bonchev–Trinajstić information content (AvgIpc) is 2.74. The average molecular weight is 385 g/mol. The highest BCUT2D eigenvalue weighted by atomic mass is 79.9. The molecule has 0 bridgehead atoms. The molecule has 1 aliphatic rings. The third kappa shape index (κ3) is 2.85. The Morgan fingerprint density at radius 2 is 2.08 bits per heavy atom. The van der Waals surface area contributed by atoms with Crippen molar-refractivity contribution in [2.24, 2.45) is 0 Å². The van der Waals surface area contributed by atoms with Gasteiger partial charge in [0, 0.05) is 22.3 Å². The number of nitrogens with one attached hydrogen (secondary N) is 2. The van der Waals surface area contributed by atoms with Gasteiger partial charge in [0.1, 0.15) is 23.5 Å². The van der Waals surface area contributed by atoms with Gasteiger partial charge in [-0.3, -0.25) is 0 Å². The molecule has 4 rings (SSSR count). The molecule has 1 aliphatic heterocycles. The summed E-state index contributed by atoms with van der Waals surface area (Å²) in [6.45, 7) is 0.497. The molecule has 6 nitrogen and oxygen atoms in total. The number of benzene rings is 2. The normalized spacial score (nSPS) is 12.2. The third-order valence-corrected chi connectivity index (χ3v) is 4.10. The number of hydrogen-bond acceptors (Lipinski definition) is 6. The zero-order chi connectivity index (χ0) is 16.5. The van der Waals surface area contributed by atoms with E-state index in [0.717, 1.165) is 15.7 Å². The van der Waals surface area contributed by atoms with Crippen molar-refractivity contribution in [2.45, 2.75) is 6.54 Å². The molecular weight excluding hydrogens is 372 g/mol. The first kappa shape index (κ1) is 14.8. The molecule has 3 N–H and O–H groups in total. The van der Waals surface area contributed by atoms with E-state index in [1.807, 2.05) is 24.3 Å². The van der Waals surface area contributed by atoms with E-state index in [0.29, 0.717) is 29.7 Å².